The molecule has 0 saturated carbocycles. The van der Waals surface area contributed by atoms with Crippen molar-refractivity contribution in [2.24, 2.45) is 0 Å². The summed E-state index contributed by atoms with van der Waals surface area (Å²) >= 11 is 2.76. The molecular weight excluding hydrogens is 555 g/mol. The van der Waals surface area contributed by atoms with Crippen LogP contribution in [0, 0.1) is 0 Å². The highest BCUT2D eigenvalue weighted by Gasteiger charge is 2.29. The summed E-state index contributed by atoms with van der Waals surface area (Å²) in [6.45, 7) is 0.698. The van der Waals surface area contributed by atoms with Crippen molar-refractivity contribution < 1.29 is 19.4 Å². The SMILES string of the molecule is COc1ccc(-c2c(C(=O)O)n(Cc3ccc4nsnc4c3)c3c2sc2ccccc23)c(OCc2ccccc2)c1. The number of hydrogen-bond acceptors (Lipinski definition) is 7. The minimum Gasteiger partial charge on any atom is -0.497 e. The van der Waals surface area contributed by atoms with Crippen molar-refractivity contribution in [2.75, 3.05) is 7.11 Å². The van der Waals surface area contributed by atoms with Gasteiger partial charge in [0.25, 0.3) is 0 Å². The maximum Gasteiger partial charge on any atom is 0.353 e. The molecule has 3 heterocycles. The number of carboxylic acid groups (broad SMARTS) is 1. The number of rotatable bonds is 8. The molecule has 202 valence electrons. The second-order valence-electron chi connectivity index (χ2n) is 9.61. The maximum atomic E-state index is 13.1. The molecular formula is C32H23N3O4S2. The van der Waals surface area contributed by atoms with E-state index in [2.05, 4.69) is 20.9 Å². The third-order valence-corrected chi connectivity index (χ3v) is 8.86. The topological polar surface area (TPSA) is 86.5 Å². The Morgan fingerprint density at radius 3 is 2.54 bits per heavy atom. The molecule has 9 heteroatoms. The number of carbonyl (C=O) groups is 1. The first kappa shape index (κ1) is 25.3. The van der Waals surface area contributed by atoms with E-state index in [4.69, 9.17) is 9.47 Å². The molecule has 4 aromatic carbocycles. The standard InChI is InChI=1S/C32H23N3O4S2/c1-38-21-12-13-22(26(16-21)39-18-19-7-3-2-4-8-19)28-30(32(36)37)35(17-20-11-14-24-25(15-20)34-41-33-24)29-23-9-5-6-10-27(23)40-31(28)29/h2-16H,17-18H2,1H3,(H,36,37). The van der Waals surface area contributed by atoms with Gasteiger partial charge in [-0.25, -0.2) is 4.79 Å². The van der Waals surface area contributed by atoms with Gasteiger partial charge >= 0.3 is 5.97 Å². The number of aromatic nitrogens is 3. The molecule has 0 aliphatic carbocycles. The van der Waals surface area contributed by atoms with Gasteiger partial charge in [-0.1, -0.05) is 54.6 Å². The number of aromatic carboxylic acids is 1. The van der Waals surface area contributed by atoms with Crippen molar-refractivity contribution in [3.63, 3.8) is 0 Å². The molecule has 0 amide bonds. The fraction of sp³-hybridized carbons (Fsp3) is 0.0938. The third kappa shape index (κ3) is 4.49. The Morgan fingerprint density at radius 2 is 1.71 bits per heavy atom. The molecule has 0 saturated heterocycles. The molecule has 7 rings (SSSR count). The van der Waals surface area contributed by atoms with Gasteiger partial charge in [0.2, 0.25) is 0 Å². The van der Waals surface area contributed by atoms with Crippen LogP contribution in [-0.2, 0) is 13.2 Å². The van der Waals surface area contributed by atoms with Crippen LogP contribution >= 0.6 is 23.1 Å². The molecule has 1 N–H and O–H groups in total. The predicted octanol–water partition coefficient (Wildman–Crippen LogP) is 7.86. The van der Waals surface area contributed by atoms with Crippen LogP contribution < -0.4 is 9.47 Å². The lowest BCUT2D eigenvalue weighted by atomic mass is 10.0. The molecule has 0 bridgehead atoms. The lowest BCUT2D eigenvalue weighted by Crippen LogP contribution is -2.11. The summed E-state index contributed by atoms with van der Waals surface area (Å²) in [5.41, 5.74) is 6.02. The van der Waals surface area contributed by atoms with E-state index in [1.807, 2.05) is 83.4 Å². The van der Waals surface area contributed by atoms with E-state index < -0.39 is 5.97 Å². The largest absolute Gasteiger partial charge is 0.497 e. The van der Waals surface area contributed by atoms with E-state index in [1.165, 1.54) is 11.7 Å². The number of hydrogen-bond donors (Lipinski definition) is 1. The summed E-state index contributed by atoms with van der Waals surface area (Å²) in [6, 6.07) is 29.5. The molecule has 0 spiro atoms. The molecule has 3 aromatic heterocycles. The van der Waals surface area contributed by atoms with Crippen molar-refractivity contribution in [1.82, 2.24) is 13.3 Å². The number of nitrogens with zero attached hydrogens (tertiary/aromatic N) is 3. The van der Waals surface area contributed by atoms with E-state index >= 15 is 0 Å². The molecule has 0 fully saturated rings. The molecule has 7 nitrogen and oxygen atoms in total. The Morgan fingerprint density at radius 1 is 0.902 bits per heavy atom. The highest BCUT2D eigenvalue weighted by Crippen LogP contribution is 2.47. The fourth-order valence-corrected chi connectivity index (χ4v) is 7.04. The first-order chi connectivity index (χ1) is 20.1. The van der Waals surface area contributed by atoms with Gasteiger partial charge in [0.15, 0.2) is 0 Å². The lowest BCUT2D eigenvalue weighted by molar-refractivity contribution is 0.0687. The van der Waals surface area contributed by atoms with E-state index in [-0.39, 0.29) is 5.69 Å². The Bertz CT molecular complexity index is 2060. The van der Waals surface area contributed by atoms with Crippen LogP contribution in [0.25, 0.3) is 42.5 Å². The Kier molecular flexibility index (Phi) is 6.37. The van der Waals surface area contributed by atoms with Crippen molar-refractivity contribution in [3.05, 3.63) is 108 Å². The highest BCUT2D eigenvalue weighted by atomic mass is 32.1. The van der Waals surface area contributed by atoms with Crippen LogP contribution in [0.3, 0.4) is 0 Å². The molecule has 0 aliphatic rings. The fourth-order valence-electron chi connectivity index (χ4n) is 5.25. The number of carboxylic acids is 1. The zero-order valence-corrected chi connectivity index (χ0v) is 23.5. The molecule has 41 heavy (non-hydrogen) atoms. The summed E-state index contributed by atoms with van der Waals surface area (Å²) in [6.07, 6.45) is 0. The number of methoxy groups -OCH3 is 1. The zero-order valence-electron chi connectivity index (χ0n) is 21.9. The van der Waals surface area contributed by atoms with E-state index in [0.29, 0.717) is 35.8 Å². The summed E-state index contributed by atoms with van der Waals surface area (Å²) in [7, 11) is 1.61. The molecule has 0 radical (unpaired) electrons. The van der Waals surface area contributed by atoms with Crippen LogP contribution in [-0.4, -0.2) is 31.5 Å². The Balaban J connectivity index is 1.46. The number of fused-ring (bicyclic) bond motifs is 4. The normalized spacial score (nSPS) is 11.4. The lowest BCUT2D eigenvalue weighted by Gasteiger charge is -2.15. The zero-order chi connectivity index (χ0) is 27.9. The first-order valence-electron chi connectivity index (χ1n) is 12.9. The average molecular weight is 578 g/mol. The minimum atomic E-state index is -1.01. The highest BCUT2D eigenvalue weighted by molar-refractivity contribution is 7.26. The molecule has 7 aromatic rings. The van der Waals surface area contributed by atoms with Gasteiger partial charge in [-0.15, -0.1) is 11.3 Å². The number of benzene rings is 4. The average Bonchev–Trinajstić information content (AvgIpc) is 3.70. The molecule has 0 aliphatic heterocycles. The van der Waals surface area contributed by atoms with Crippen molar-refractivity contribution in [3.8, 4) is 22.6 Å². The van der Waals surface area contributed by atoms with Gasteiger partial charge in [0.1, 0.15) is 34.8 Å². The van der Waals surface area contributed by atoms with Crippen LogP contribution in [0.1, 0.15) is 21.6 Å². The monoisotopic (exact) mass is 577 g/mol. The van der Waals surface area contributed by atoms with Crippen LogP contribution in [0.5, 0.6) is 11.5 Å². The number of ether oxygens (including phenoxy) is 2. The van der Waals surface area contributed by atoms with Gasteiger partial charge in [-0.05, 0) is 41.5 Å². The molecule has 0 atom stereocenters. The predicted molar refractivity (Wildman–Crippen MR) is 164 cm³/mol. The van der Waals surface area contributed by atoms with Gasteiger partial charge in [0.05, 0.1) is 29.1 Å². The van der Waals surface area contributed by atoms with Gasteiger partial charge in [-0.2, -0.15) is 8.75 Å². The van der Waals surface area contributed by atoms with Gasteiger partial charge < -0.3 is 19.1 Å². The Hall–Kier alpha value is -4.73. The Labute approximate surface area is 243 Å². The van der Waals surface area contributed by atoms with E-state index in [0.717, 1.165) is 42.5 Å². The second kappa shape index (κ2) is 10.3. The summed E-state index contributed by atoms with van der Waals surface area (Å²) in [5, 5.41) is 11.7. The van der Waals surface area contributed by atoms with Crippen molar-refractivity contribution >= 4 is 60.4 Å². The van der Waals surface area contributed by atoms with Crippen molar-refractivity contribution in [1.29, 1.82) is 0 Å². The third-order valence-electron chi connectivity index (χ3n) is 7.13. The molecule has 0 unspecified atom stereocenters. The summed E-state index contributed by atoms with van der Waals surface area (Å²) < 4.78 is 24.5. The van der Waals surface area contributed by atoms with E-state index in [1.54, 1.807) is 18.4 Å². The van der Waals surface area contributed by atoms with Crippen LogP contribution in [0.4, 0.5) is 0 Å². The number of thiophene rings is 1. The second-order valence-corrected chi connectivity index (χ2v) is 11.2. The van der Waals surface area contributed by atoms with Gasteiger partial charge in [-0.3, -0.25) is 0 Å². The minimum absolute atomic E-state index is 0.211. The van der Waals surface area contributed by atoms with Crippen LogP contribution in [0.2, 0.25) is 0 Å². The summed E-state index contributed by atoms with van der Waals surface area (Å²) in [5.74, 6) is 0.182. The van der Waals surface area contributed by atoms with Crippen molar-refractivity contribution in [2.45, 2.75) is 13.2 Å². The first-order valence-corrected chi connectivity index (χ1v) is 14.5. The summed E-state index contributed by atoms with van der Waals surface area (Å²) in [4.78, 5) is 13.1. The smallest absolute Gasteiger partial charge is 0.353 e. The quantitative estimate of drug-likeness (QED) is 0.198. The van der Waals surface area contributed by atoms with Crippen LogP contribution in [0.15, 0.2) is 91.0 Å². The van der Waals surface area contributed by atoms with E-state index in [9.17, 15) is 9.90 Å². The van der Waals surface area contributed by atoms with Gasteiger partial charge in [0, 0.05) is 33.8 Å². The maximum absolute atomic E-state index is 13.1.